The number of aliphatic hydroxyl groups is 1. The normalized spacial score (nSPS) is 13.7. The number of aryl methyl sites for hydroxylation is 1. The Balaban J connectivity index is 2.61. The summed E-state index contributed by atoms with van der Waals surface area (Å²) in [7, 11) is -10.9. The molecule has 10 nitrogen and oxygen atoms in total. The monoisotopic (exact) mass is 330 g/mol. The molecule has 0 atom stereocenters. The number of rotatable bonds is 7. The summed E-state index contributed by atoms with van der Waals surface area (Å²) in [5.74, 6) is 0.668. The first-order valence-corrected chi connectivity index (χ1v) is 8.62. The molecule has 0 aliphatic rings. The number of nitrogens with zero attached hydrogens (tertiary/aromatic N) is 1. The number of nitrogens with one attached hydrogen (secondary N) is 1. The fourth-order valence-electron chi connectivity index (χ4n) is 1.32. The van der Waals surface area contributed by atoms with Gasteiger partial charge in [0.05, 0.1) is 18.9 Å². The topological polar surface area (TPSA) is 173 Å². The van der Waals surface area contributed by atoms with E-state index in [1.165, 1.54) is 0 Å². The van der Waals surface area contributed by atoms with E-state index < -0.39 is 26.9 Å². The summed E-state index contributed by atoms with van der Waals surface area (Å²) in [4.78, 5) is 42.3. The highest BCUT2D eigenvalue weighted by atomic mass is 31.2. The van der Waals surface area contributed by atoms with E-state index in [0.29, 0.717) is 11.5 Å². The Kier molecular flexibility index (Phi) is 5.29. The predicted octanol–water partition coefficient (Wildman–Crippen LogP) is -0.721. The van der Waals surface area contributed by atoms with Gasteiger partial charge in [0.15, 0.2) is 0 Å². The number of H-pyrrole nitrogens is 1. The van der Waals surface area contributed by atoms with E-state index in [9.17, 15) is 14.2 Å². The first-order valence-electron chi connectivity index (χ1n) is 5.39. The second kappa shape index (κ2) is 6.05. The van der Waals surface area contributed by atoms with Crippen LogP contribution in [0.3, 0.4) is 0 Å². The molecule has 0 amide bonds. The zero-order chi connectivity index (χ0) is 15.6. The molecule has 0 unspecified atom stereocenters. The van der Waals surface area contributed by atoms with Crippen LogP contribution in [0.4, 0.5) is 0 Å². The van der Waals surface area contributed by atoms with Crippen LogP contribution in [0.5, 0.6) is 0 Å². The Labute approximate surface area is 114 Å². The van der Waals surface area contributed by atoms with Crippen molar-refractivity contribution in [2.24, 2.45) is 0 Å². The summed E-state index contributed by atoms with van der Waals surface area (Å²) >= 11 is 0. The molecule has 0 aliphatic heterocycles. The second-order valence-electron chi connectivity index (χ2n) is 4.14. The molecule has 0 aliphatic carbocycles. The zero-order valence-corrected chi connectivity index (χ0v) is 12.3. The molecular weight excluding hydrogens is 314 g/mol. The lowest BCUT2D eigenvalue weighted by molar-refractivity contribution is 0.0260. The lowest BCUT2D eigenvalue weighted by atomic mass is 10.3. The highest BCUT2D eigenvalue weighted by Gasteiger charge is 2.59. The Morgan fingerprint density at radius 2 is 1.85 bits per heavy atom. The van der Waals surface area contributed by atoms with Crippen LogP contribution >= 0.6 is 15.2 Å². The van der Waals surface area contributed by atoms with Crippen molar-refractivity contribution in [1.82, 2.24) is 9.97 Å². The average molecular weight is 330 g/mol. The van der Waals surface area contributed by atoms with Gasteiger partial charge in [-0.15, -0.1) is 0 Å². The number of ether oxygens (including phenoxy) is 1. The summed E-state index contributed by atoms with van der Waals surface area (Å²) in [6.07, 6.45) is 1.85. The minimum absolute atomic E-state index is 0.118. The molecule has 1 heterocycles. The van der Waals surface area contributed by atoms with Crippen molar-refractivity contribution in [3.8, 4) is 0 Å². The van der Waals surface area contributed by atoms with Crippen molar-refractivity contribution in [3.05, 3.63) is 17.7 Å². The van der Waals surface area contributed by atoms with Crippen LogP contribution in [0.25, 0.3) is 0 Å². The smallest absolute Gasteiger partial charge is 0.371 e. The molecule has 0 fully saturated rings. The van der Waals surface area contributed by atoms with Gasteiger partial charge >= 0.3 is 15.2 Å². The summed E-state index contributed by atoms with van der Waals surface area (Å²) in [6, 6.07) is 0. The van der Waals surface area contributed by atoms with Crippen molar-refractivity contribution >= 4 is 15.2 Å². The van der Waals surface area contributed by atoms with E-state index in [4.69, 9.17) is 24.3 Å². The molecule has 1 rings (SSSR count). The maximum atomic E-state index is 11.0. The predicted molar refractivity (Wildman–Crippen MR) is 66.9 cm³/mol. The molecule has 0 saturated heterocycles. The fraction of sp³-hybridized carbons (Fsp3) is 0.625. The number of hydrogen-bond acceptors (Lipinski definition) is 5. The lowest BCUT2D eigenvalue weighted by Crippen LogP contribution is -2.34. The van der Waals surface area contributed by atoms with Gasteiger partial charge in [-0.05, 0) is 6.92 Å². The maximum Gasteiger partial charge on any atom is 0.371 e. The van der Waals surface area contributed by atoms with Gasteiger partial charge in [0.2, 0.25) is 0 Å². The number of hydrogen-bond donors (Lipinski definition) is 6. The van der Waals surface area contributed by atoms with Crippen LogP contribution < -0.4 is 0 Å². The lowest BCUT2D eigenvalue weighted by Gasteiger charge is -2.28. The van der Waals surface area contributed by atoms with E-state index >= 15 is 0 Å². The largest absolute Gasteiger partial charge is 0.377 e. The first-order chi connectivity index (χ1) is 8.97. The van der Waals surface area contributed by atoms with Gasteiger partial charge < -0.3 is 34.4 Å². The van der Waals surface area contributed by atoms with E-state index in [1.54, 1.807) is 13.1 Å². The standard InChI is InChI=1S/C8H16N2O8P2/c1-6-9-4-7(10-6)2-3-18-5-8(11,19(12,13)14)20(15,16)17/h4,11H,2-3,5H2,1H3,(H,9,10)(H2,12,13,14)(H2,15,16,17). The molecular formula is C8H16N2O8P2. The van der Waals surface area contributed by atoms with Crippen LogP contribution in [-0.4, -0.2) is 52.9 Å². The third-order valence-corrected chi connectivity index (χ3v) is 6.18. The third kappa shape index (κ3) is 3.97. The van der Waals surface area contributed by atoms with Crippen LogP contribution in [0.1, 0.15) is 11.5 Å². The summed E-state index contributed by atoms with van der Waals surface area (Å²) < 4.78 is 26.8. The molecule has 0 radical (unpaired) electrons. The fourth-order valence-corrected chi connectivity index (χ4v) is 3.20. The second-order valence-corrected chi connectivity index (χ2v) is 8.15. The minimum atomic E-state index is -5.47. The quantitative estimate of drug-likeness (QED) is 0.278. The number of aromatic amines is 1. The molecule has 20 heavy (non-hydrogen) atoms. The van der Waals surface area contributed by atoms with Crippen molar-refractivity contribution in [2.75, 3.05) is 13.2 Å². The first kappa shape index (κ1) is 17.5. The summed E-state index contributed by atoms with van der Waals surface area (Å²) in [5, 5.41) is 5.97. The number of aromatic nitrogens is 2. The van der Waals surface area contributed by atoms with Gasteiger partial charge in [0.25, 0.3) is 5.08 Å². The minimum Gasteiger partial charge on any atom is -0.377 e. The molecule has 0 bridgehead atoms. The van der Waals surface area contributed by atoms with Crippen LogP contribution in [0.15, 0.2) is 6.20 Å². The zero-order valence-electron chi connectivity index (χ0n) is 10.5. The highest BCUT2D eigenvalue weighted by Crippen LogP contribution is 2.67. The molecule has 0 aromatic carbocycles. The van der Waals surface area contributed by atoms with Crippen LogP contribution in [-0.2, 0) is 20.3 Å². The van der Waals surface area contributed by atoms with E-state index in [-0.39, 0.29) is 13.0 Å². The van der Waals surface area contributed by atoms with Gasteiger partial charge in [-0.3, -0.25) is 9.13 Å². The molecule has 1 aromatic heterocycles. The highest BCUT2D eigenvalue weighted by molar-refractivity contribution is 7.72. The third-order valence-electron chi connectivity index (χ3n) is 2.49. The van der Waals surface area contributed by atoms with Crippen molar-refractivity contribution in [1.29, 1.82) is 0 Å². The van der Waals surface area contributed by atoms with Crippen LogP contribution in [0.2, 0.25) is 0 Å². The molecule has 116 valence electrons. The van der Waals surface area contributed by atoms with E-state index in [2.05, 4.69) is 9.97 Å². The Morgan fingerprint density at radius 3 is 2.25 bits per heavy atom. The number of imidazole rings is 1. The Hall–Kier alpha value is -0.570. The summed E-state index contributed by atoms with van der Waals surface area (Å²) in [6.45, 7) is 0.419. The van der Waals surface area contributed by atoms with Gasteiger partial charge in [0, 0.05) is 12.6 Å². The summed E-state index contributed by atoms with van der Waals surface area (Å²) in [5.41, 5.74) is 0.610. The molecule has 0 saturated carbocycles. The molecule has 12 heteroatoms. The van der Waals surface area contributed by atoms with Crippen molar-refractivity contribution in [2.45, 2.75) is 18.4 Å². The molecule has 6 N–H and O–H groups in total. The SMILES string of the molecule is Cc1nc(CCOCC(O)(P(=O)(O)O)P(=O)(O)O)c[nH]1. The van der Waals surface area contributed by atoms with E-state index in [1.807, 2.05) is 0 Å². The molecule has 0 spiro atoms. The van der Waals surface area contributed by atoms with Crippen molar-refractivity contribution < 1.29 is 38.5 Å². The van der Waals surface area contributed by atoms with Crippen LogP contribution in [0, 0.1) is 6.92 Å². The van der Waals surface area contributed by atoms with Crippen molar-refractivity contribution in [3.63, 3.8) is 0 Å². The maximum absolute atomic E-state index is 11.0. The average Bonchev–Trinajstić information content (AvgIpc) is 2.67. The Morgan fingerprint density at radius 1 is 1.30 bits per heavy atom. The molecule has 1 aromatic rings. The Bertz CT molecular complexity index is 524. The van der Waals surface area contributed by atoms with Gasteiger partial charge in [-0.25, -0.2) is 4.98 Å². The van der Waals surface area contributed by atoms with E-state index in [0.717, 1.165) is 0 Å². The van der Waals surface area contributed by atoms with Gasteiger partial charge in [0.1, 0.15) is 5.82 Å². The van der Waals surface area contributed by atoms with Gasteiger partial charge in [-0.2, -0.15) is 0 Å². The van der Waals surface area contributed by atoms with Gasteiger partial charge in [-0.1, -0.05) is 0 Å².